The number of para-hydroxylation sites is 1. The largest absolute Gasteiger partial charge is 0.496 e. The fraction of sp³-hybridized carbons (Fsp3) is 0.565. The molecule has 1 aromatic heterocycles. The molecule has 1 unspecified atom stereocenters. The fourth-order valence-corrected chi connectivity index (χ4v) is 13.8. The number of carboxylic acid groups (broad SMARTS) is 1. The lowest BCUT2D eigenvalue weighted by Gasteiger charge is -2.63. The van der Waals surface area contributed by atoms with Crippen LogP contribution < -0.4 is 9.64 Å². The highest BCUT2D eigenvalue weighted by atomic mass is 16.6. The number of rotatable bonds is 8. The molecule has 1 saturated carbocycles. The topological polar surface area (TPSA) is 182 Å². The van der Waals surface area contributed by atoms with Crippen LogP contribution >= 0.6 is 0 Å². The molecule has 60 heavy (non-hydrogen) atoms. The lowest BCUT2D eigenvalue weighted by molar-refractivity contribution is -0.226. The van der Waals surface area contributed by atoms with Gasteiger partial charge < -0.3 is 39.4 Å². The number of nitrogens with one attached hydrogen (secondary N) is 1. The van der Waals surface area contributed by atoms with E-state index in [0.29, 0.717) is 99.3 Å². The van der Waals surface area contributed by atoms with Gasteiger partial charge in [-0.15, -0.1) is 0 Å². The molecule has 1 aliphatic carbocycles. The van der Waals surface area contributed by atoms with Gasteiger partial charge in [0.05, 0.1) is 31.5 Å². The van der Waals surface area contributed by atoms with E-state index in [9.17, 15) is 29.7 Å². The molecule has 5 aliphatic heterocycles. The van der Waals surface area contributed by atoms with E-state index in [4.69, 9.17) is 14.2 Å². The van der Waals surface area contributed by atoms with E-state index in [2.05, 4.69) is 20.9 Å². The Balaban J connectivity index is 1.40. The van der Waals surface area contributed by atoms with Crippen LogP contribution in [0.2, 0.25) is 0 Å². The van der Waals surface area contributed by atoms with Crippen molar-refractivity contribution in [3.63, 3.8) is 0 Å². The molecule has 2 bridgehead atoms. The monoisotopic (exact) mass is 824 g/mol. The van der Waals surface area contributed by atoms with E-state index in [1.807, 2.05) is 51.1 Å². The highest BCUT2D eigenvalue weighted by Gasteiger charge is 2.81. The predicted molar refractivity (Wildman–Crippen MR) is 221 cm³/mol. The zero-order valence-corrected chi connectivity index (χ0v) is 35.2. The Bertz CT molecular complexity index is 2340. The summed E-state index contributed by atoms with van der Waals surface area (Å²) in [5.74, 6) is -2.77. The Kier molecular flexibility index (Phi) is 9.40. The first kappa shape index (κ1) is 40.6. The first-order valence-electron chi connectivity index (χ1n) is 21.3. The van der Waals surface area contributed by atoms with Crippen LogP contribution in [0.15, 0.2) is 42.5 Å². The minimum atomic E-state index is -2.77. The van der Waals surface area contributed by atoms with Crippen LogP contribution in [0, 0.1) is 18.3 Å². The number of aromatic nitrogens is 1. The number of hydrogen-bond acceptors (Lipinski definition) is 11. The van der Waals surface area contributed by atoms with Gasteiger partial charge in [0.25, 0.3) is 0 Å². The van der Waals surface area contributed by atoms with Crippen LogP contribution in [0.25, 0.3) is 10.9 Å². The zero-order chi connectivity index (χ0) is 42.7. The van der Waals surface area contributed by atoms with Crippen molar-refractivity contribution in [1.29, 1.82) is 0 Å². The number of esters is 2. The lowest BCUT2D eigenvalue weighted by atomic mass is 9.47. The summed E-state index contributed by atoms with van der Waals surface area (Å²) in [4.78, 5) is 65.5. The number of carbonyl (C=O) groups excluding carboxylic acids is 3. The molecular formula is C46H56N4O10. The number of carboxylic acids is 1. The number of amides is 1. The molecule has 2 saturated heterocycles. The normalized spacial score (nSPS) is 36.5. The molecule has 1 amide bonds. The van der Waals surface area contributed by atoms with Crippen molar-refractivity contribution < 1.29 is 48.7 Å². The number of nitrogens with zero attached hydrogens (tertiary/aromatic N) is 3. The van der Waals surface area contributed by atoms with E-state index in [-0.39, 0.29) is 18.1 Å². The van der Waals surface area contributed by atoms with Crippen LogP contribution in [0.4, 0.5) is 5.69 Å². The van der Waals surface area contributed by atoms with Crippen LogP contribution in [-0.4, -0.2) is 131 Å². The maximum atomic E-state index is 15.4. The molecule has 6 heterocycles. The summed E-state index contributed by atoms with van der Waals surface area (Å²) in [6.07, 6.45) is 5.36. The van der Waals surface area contributed by atoms with Crippen molar-refractivity contribution in [1.82, 2.24) is 14.8 Å². The van der Waals surface area contributed by atoms with Gasteiger partial charge in [-0.2, -0.15) is 0 Å². The van der Waals surface area contributed by atoms with E-state index >= 15 is 4.79 Å². The average Bonchev–Trinajstić information content (AvgIpc) is 3.90. The molecular weight excluding hydrogens is 769 g/mol. The van der Waals surface area contributed by atoms with E-state index in [1.165, 1.54) is 26.0 Å². The van der Waals surface area contributed by atoms with Crippen LogP contribution in [0.5, 0.6) is 5.75 Å². The Hall–Kier alpha value is -4.76. The second kappa shape index (κ2) is 13.9. The molecule has 6 aliphatic rings. The van der Waals surface area contributed by atoms with Gasteiger partial charge >= 0.3 is 17.9 Å². The van der Waals surface area contributed by atoms with Crippen molar-refractivity contribution in [2.45, 2.75) is 106 Å². The number of fused-ring (bicyclic) bond motifs is 6. The van der Waals surface area contributed by atoms with E-state index < -0.39 is 63.5 Å². The molecule has 0 radical (unpaired) electrons. The van der Waals surface area contributed by atoms with Crippen LogP contribution in [-0.2, 0) is 45.9 Å². The molecule has 10 atom stereocenters. The number of aliphatic hydroxyl groups is 2. The second-order valence-electron chi connectivity index (χ2n) is 18.3. The fourth-order valence-electron chi connectivity index (χ4n) is 13.8. The standard InChI is InChI=1S/C46H56N4O10/c1-7-42(56)21-28-22-45(41(55)59-6,36-30(14-18-48(23-28)24-42)29-12-9-10-13-31(29)47-36)35-26(3)34-32(20-33(35)58-5)50(25-51)38-44(34)16-19-49-17-11-15-43(8-2,37(44)49)39(60-27(4)52)46(38,57)40(53)54/h9-13,15,20,25,28,37-39,47,56-57H,7-8,14,16-19,21-24H2,1-6H3,(H,53,54)/t28-,37+,38-,39-,42+,43-,44-,45+,46+/m1/s1. The van der Waals surface area contributed by atoms with Crippen LogP contribution in [0.3, 0.4) is 0 Å². The number of H-pyrrole nitrogens is 1. The number of methoxy groups -OCH3 is 2. The van der Waals surface area contributed by atoms with Gasteiger partial charge in [0, 0.05) is 78.2 Å². The summed E-state index contributed by atoms with van der Waals surface area (Å²) in [7, 11) is 2.89. The van der Waals surface area contributed by atoms with Gasteiger partial charge in [-0.05, 0) is 80.7 Å². The Morgan fingerprint density at radius 2 is 1.80 bits per heavy atom. The summed E-state index contributed by atoms with van der Waals surface area (Å²) < 4.78 is 18.2. The van der Waals surface area contributed by atoms with E-state index in [1.54, 1.807) is 6.07 Å². The Morgan fingerprint density at radius 1 is 1.03 bits per heavy atom. The second-order valence-corrected chi connectivity index (χ2v) is 18.3. The molecule has 14 nitrogen and oxygen atoms in total. The van der Waals surface area contributed by atoms with Crippen molar-refractivity contribution in [2.75, 3.05) is 51.8 Å². The number of anilines is 1. The SMILES string of the molecule is CC[C@]1(O)C[C@H]2CN(CCc3c([nH]c4ccccc34)[C@@](C(=O)OC)(c3c(OC)cc4c(c3C)[C@@]35CCN6CC=C[C@@](CC)([C@@H](OC(C)=O)[C@](O)(C(=O)O)[C@@H]3N4C=O)[C@H]65)C2)C1. The average molecular weight is 825 g/mol. The summed E-state index contributed by atoms with van der Waals surface area (Å²) >= 11 is 0. The highest BCUT2D eigenvalue weighted by molar-refractivity contribution is 5.97. The smallest absolute Gasteiger partial charge is 0.341 e. The number of benzene rings is 2. The molecule has 3 aromatic rings. The number of hydrogen-bond donors (Lipinski definition) is 4. The van der Waals surface area contributed by atoms with Crippen molar-refractivity contribution in [3.05, 3.63) is 70.4 Å². The minimum absolute atomic E-state index is 0.177. The summed E-state index contributed by atoms with van der Waals surface area (Å²) in [6, 6.07) is 7.75. The maximum absolute atomic E-state index is 15.4. The predicted octanol–water partition coefficient (Wildman–Crippen LogP) is 3.74. The molecule has 320 valence electrons. The van der Waals surface area contributed by atoms with Gasteiger partial charge in [0.15, 0.2) is 6.10 Å². The summed E-state index contributed by atoms with van der Waals surface area (Å²) in [5, 5.41) is 37.3. The Morgan fingerprint density at radius 3 is 2.47 bits per heavy atom. The first-order chi connectivity index (χ1) is 28.6. The van der Waals surface area contributed by atoms with Gasteiger partial charge in [-0.1, -0.05) is 44.2 Å². The number of carbonyl (C=O) groups is 4. The summed E-state index contributed by atoms with van der Waals surface area (Å²) in [6.45, 7) is 9.86. The van der Waals surface area contributed by atoms with Crippen LogP contribution in [0.1, 0.15) is 80.8 Å². The molecule has 4 N–H and O–H groups in total. The molecule has 2 aromatic carbocycles. The molecule has 1 spiro atoms. The molecule has 14 heteroatoms. The van der Waals surface area contributed by atoms with Crippen molar-refractivity contribution in [3.8, 4) is 5.75 Å². The van der Waals surface area contributed by atoms with E-state index in [0.717, 1.165) is 16.5 Å². The van der Waals surface area contributed by atoms with Gasteiger partial charge in [-0.25, -0.2) is 4.79 Å². The number of piperidine rings is 1. The number of aliphatic carboxylic acids is 1. The maximum Gasteiger partial charge on any atom is 0.341 e. The zero-order valence-electron chi connectivity index (χ0n) is 35.2. The third-order valence-electron chi connectivity index (χ3n) is 15.7. The van der Waals surface area contributed by atoms with Gasteiger partial charge in [0.2, 0.25) is 12.0 Å². The minimum Gasteiger partial charge on any atom is -0.496 e. The quantitative estimate of drug-likeness (QED) is 0.147. The lowest BCUT2D eigenvalue weighted by Crippen LogP contribution is -2.81. The third kappa shape index (κ3) is 5.07. The van der Waals surface area contributed by atoms with Crippen molar-refractivity contribution >= 4 is 40.9 Å². The Labute approximate surface area is 349 Å². The summed E-state index contributed by atoms with van der Waals surface area (Å²) in [5.41, 5.74) is -3.09. The molecule has 3 fully saturated rings. The first-order valence-corrected chi connectivity index (χ1v) is 21.3. The number of aromatic amines is 1. The number of ether oxygens (including phenoxy) is 3. The highest BCUT2D eigenvalue weighted by Crippen LogP contribution is 2.69. The molecule has 9 rings (SSSR count). The van der Waals surface area contributed by atoms with Gasteiger partial charge in [-0.3, -0.25) is 24.2 Å². The van der Waals surface area contributed by atoms with Crippen molar-refractivity contribution in [2.24, 2.45) is 11.3 Å². The van der Waals surface area contributed by atoms with Gasteiger partial charge in [0.1, 0.15) is 11.2 Å². The third-order valence-corrected chi connectivity index (χ3v) is 15.7.